The fourth-order valence-electron chi connectivity index (χ4n) is 4.56. The SMILES string of the molecule is COc1ccc2c(c1Br)CC[C@H]1[C@H](c3cc(OC)c(OC)c(OC)c3)[C@@H]21. The first-order chi connectivity index (χ1) is 12.6. The molecule has 4 rings (SSSR count). The number of methoxy groups -OCH3 is 4. The molecule has 26 heavy (non-hydrogen) atoms. The molecule has 3 atom stereocenters. The van der Waals surface area contributed by atoms with Gasteiger partial charge in [0.25, 0.3) is 0 Å². The highest BCUT2D eigenvalue weighted by Crippen LogP contribution is 2.66. The first kappa shape index (κ1) is 17.5. The molecule has 0 saturated heterocycles. The van der Waals surface area contributed by atoms with Gasteiger partial charge in [-0.1, -0.05) is 6.07 Å². The van der Waals surface area contributed by atoms with Gasteiger partial charge in [0.1, 0.15) is 5.75 Å². The highest BCUT2D eigenvalue weighted by atomic mass is 79.9. The summed E-state index contributed by atoms with van der Waals surface area (Å²) in [4.78, 5) is 0. The Morgan fingerprint density at radius 3 is 2.08 bits per heavy atom. The van der Waals surface area contributed by atoms with Crippen LogP contribution >= 0.6 is 15.9 Å². The lowest BCUT2D eigenvalue weighted by molar-refractivity contribution is 0.323. The van der Waals surface area contributed by atoms with Gasteiger partial charge in [-0.05, 0) is 81.4 Å². The van der Waals surface area contributed by atoms with Crippen LogP contribution in [0.2, 0.25) is 0 Å². The fraction of sp³-hybridized carbons (Fsp3) is 0.429. The van der Waals surface area contributed by atoms with Gasteiger partial charge in [-0.15, -0.1) is 0 Å². The number of hydrogen-bond donors (Lipinski definition) is 0. The van der Waals surface area contributed by atoms with Gasteiger partial charge in [0.05, 0.1) is 32.9 Å². The Morgan fingerprint density at radius 1 is 0.846 bits per heavy atom. The fourth-order valence-corrected chi connectivity index (χ4v) is 5.28. The summed E-state index contributed by atoms with van der Waals surface area (Å²) in [6.45, 7) is 0. The largest absolute Gasteiger partial charge is 0.496 e. The van der Waals surface area contributed by atoms with Crippen molar-refractivity contribution in [3.63, 3.8) is 0 Å². The maximum atomic E-state index is 5.54. The van der Waals surface area contributed by atoms with Crippen LogP contribution in [0, 0.1) is 5.92 Å². The molecule has 2 aromatic carbocycles. The molecule has 5 heteroatoms. The Bertz CT molecular complexity index is 823. The zero-order chi connectivity index (χ0) is 18.4. The number of ether oxygens (including phenoxy) is 4. The van der Waals surface area contributed by atoms with E-state index in [9.17, 15) is 0 Å². The second-order valence-corrected chi connectivity index (χ2v) is 7.66. The van der Waals surface area contributed by atoms with Gasteiger partial charge < -0.3 is 18.9 Å². The van der Waals surface area contributed by atoms with E-state index < -0.39 is 0 Å². The lowest BCUT2D eigenvalue weighted by atomic mass is 9.91. The van der Waals surface area contributed by atoms with Gasteiger partial charge in [0.2, 0.25) is 5.75 Å². The van der Waals surface area contributed by atoms with Crippen LogP contribution in [0.1, 0.15) is 34.9 Å². The van der Waals surface area contributed by atoms with E-state index in [1.807, 2.05) is 0 Å². The van der Waals surface area contributed by atoms with Crippen LogP contribution in [-0.4, -0.2) is 28.4 Å². The van der Waals surface area contributed by atoms with Gasteiger partial charge in [-0.2, -0.15) is 0 Å². The summed E-state index contributed by atoms with van der Waals surface area (Å²) >= 11 is 3.73. The molecule has 2 aliphatic carbocycles. The van der Waals surface area contributed by atoms with Gasteiger partial charge >= 0.3 is 0 Å². The number of hydrogen-bond acceptors (Lipinski definition) is 4. The second-order valence-electron chi connectivity index (χ2n) is 6.86. The summed E-state index contributed by atoms with van der Waals surface area (Å²) in [7, 11) is 6.69. The predicted octanol–water partition coefficient (Wildman–Crippen LogP) is 4.93. The molecule has 2 aromatic rings. The van der Waals surface area contributed by atoms with Crippen LogP contribution in [-0.2, 0) is 6.42 Å². The zero-order valence-corrected chi connectivity index (χ0v) is 17.1. The summed E-state index contributed by atoms with van der Waals surface area (Å²) in [5, 5.41) is 0. The van der Waals surface area contributed by atoms with E-state index in [0.29, 0.717) is 23.5 Å². The van der Waals surface area contributed by atoms with Gasteiger partial charge in [-0.3, -0.25) is 0 Å². The summed E-state index contributed by atoms with van der Waals surface area (Å²) < 4.78 is 23.1. The van der Waals surface area contributed by atoms with Crippen molar-refractivity contribution in [1.82, 2.24) is 0 Å². The van der Waals surface area contributed by atoms with Gasteiger partial charge in [0, 0.05) is 0 Å². The van der Waals surface area contributed by atoms with Gasteiger partial charge in [0.15, 0.2) is 11.5 Å². The predicted molar refractivity (Wildman–Crippen MR) is 104 cm³/mol. The molecule has 0 N–H and O–H groups in total. The third kappa shape index (κ3) is 2.56. The molecular formula is C21H23BrO4. The number of halogens is 1. The summed E-state index contributed by atoms with van der Waals surface area (Å²) in [5.41, 5.74) is 4.09. The molecule has 0 bridgehead atoms. The summed E-state index contributed by atoms with van der Waals surface area (Å²) in [6.07, 6.45) is 2.26. The van der Waals surface area contributed by atoms with Crippen molar-refractivity contribution in [1.29, 1.82) is 0 Å². The van der Waals surface area contributed by atoms with Crippen LogP contribution in [0.4, 0.5) is 0 Å². The minimum atomic E-state index is 0.491. The Labute approximate surface area is 162 Å². The third-order valence-electron chi connectivity index (χ3n) is 5.79. The van der Waals surface area contributed by atoms with Crippen molar-refractivity contribution in [2.45, 2.75) is 24.7 Å². The van der Waals surface area contributed by atoms with Crippen molar-refractivity contribution in [2.24, 2.45) is 5.92 Å². The molecule has 138 valence electrons. The zero-order valence-electron chi connectivity index (χ0n) is 15.5. The maximum Gasteiger partial charge on any atom is 0.203 e. The summed E-state index contributed by atoms with van der Waals surface area (Å²) in [6, 6.07) is 8.49. The summed E-state index contributed by atoms with van der Waals surface area (Å²) in [5.74, 6) is 4.71. The molecule has 2 aliphatic rings. The van der Waals surface area contributed by atoms with Crippen molar-refractivity contribution >= 4 is 15.9 Å². The Hall–Kier alpha value is -1.88. The van der Waals surface area contributed by atoms with Gasteiger partial charge in [-0.25, -0.2) is 0 Å². The highest BCUT2D eigenvalue weighted by Gasteiger charge is 2.54. The molecule has 0 spiro atoms. The molecule has 0 aromatic heterocycles. The first-order valence-electron chi connectivity index (χ1n) is 8.79. The van der Waals surface area contributed by atoms with Crippen LogP contribution in [0.25, 0.3) is 0 Å². The molecule has 4 nitrogen and oxygen atoms in total. The molecule has 0 unspecified atom stereocenters. The number of rotatable bonds is 5. The molecule has 1 fully saturated rings. The van der Waals surface area contributed by atoms with E-state index in [1.54, 1.807) is 28.4 Å². The lowest BCUT2D eigenvalue weighted by Crippen LogP contribution is -2.03. The molecule has 0 heterocycles. The van der Waals surface area contributed by atoms with Crippen LogP contribution in [0.5, 0.6) is 23.0 Å². The quantitative estimate of drug-likeness (QED) is 0.689. The third-order valence-corrected chi connectivity index (χ3v) is 6.66. The normalized spacial score (nSPS) is 22.9. The highest BCUT2D eigenvalue weighted by molar-refractivity contribution is 9.10. The molecule has 0 amide bonds. The van der Waals surface area contributed by atoms with Crippen LogP contribution < -0.4 is 18.9 Å². The molecule has 1 saturated carbocycles. The molecular weight excluding hydrogens is 396 g/mol. The smallest absolute Gasteiger partial charge is 0.203 e. The Balaban J connectivity index is 1.73. The average Bonchev–Trinajstić information content (AvgIpc) is 3.42. The van der Waals surface area contributed by atoms with Crippen molar-refractivity contribution in [2.75, 3.05) is 28.4 Å². The first-order valence-corrected chi connectivity index (χ1v) is 9.59. The van der Waals surface area contributed by atoms with Crippen molar-refractivity contribution < 1.29 is 18.9 Å². The molecule has 0 radical (unpaired) electrons. The number of benzene rings is 2. The van der Waals surface area contributed by atoms with E-state index in [1.165, 1.54) is 23.1 Å². The molecule has 0 aliphatic heterocycles. The minimum Gasteiger partial charge on any atom is -0.496 e. The number of fused-ring (bicyclic) bond motifs is 3. The topological polar surface area (TPSA) is 36.9 Å². The van der Waals surface area contributed by atoms with E-state index in [4.69, 9.17) is 18.9 Å². The Morgan fingerprint density at radius 2 is 1.50 bits per heavy atom. The van der Waals surface area contributed by atoms with Crippen molar-refractivity contribution in [3.8, 4) is 23.0 Å². The van der Waals surface area contributed by atoms with E-state index in [-0.39, 0.29) is 0 Å². The second kappa shape index (κ2) is 6.69. The van der Waals surface area contributed by atoms with Crippen LogP contribution in [0.3, 0.4) is 0 Å². The van der Waals surface area contributed by atoms with E-state index in [2.05, 4.69) is 40.2 Å². The lowest BCUT2D eigenvalue weighted by Gasteiger charge is -2.18. The minimum absolute atomic E-state index is 0.491. The Kier molecular flexibility index (Phi) is 4.51. The van der Waals surface area contributed by atoms with Crippen molar-refractivity contribution in [3.05, 3.63) is 45.4 Å². The van der Waals surface area contributed by atoms with E-state index >= 15 is 0 Å². The maximum absolute atomic E-state index is 5.54. The standard InChI is InChI=1S/C21H23BrO4/c1-23-15-8-7-12-13(20(15)22)5-6-14-18(19(12)14)11-9-16(24-2)21(26-4)17(10-11)25-3/h7-10,14,18-19H,5-6H2,1-4H3/t14-,18-,19-/m0/s1. The van der Waals surface area contributed by atoms with E-state index in [0.717, 1.165) is 28.1 Å². The monoisotopic (exact) mass is 418 g/mol. The van der Waals surface area contributed by atoms with Crippen LogP contribution in [0.15, 0.2) is 28.7 Å². The average molecular weight is 419 g/mol.